The molecule has 0 aliphatic heterocycles. The van der Waals surface area contributed by atoms with E-state index in [2.05, 4.69) is 4.74 Å². The van der Waals surface area contributed by atoms with Crippen LogP contribution in [0.25, 0.3) is 10.8 Å². The summed E-state index contributed by atoms with van der Waals surface area (Å²) in [6.45, 7) is 1.58. The summed E-state index contributed by atoms with van der Waals surface area (Å²) in [6.07, 6.45) is -0.0216. The molecule has 0 spiro atoms. The molecule has 2 aromatic rings. The largest absolute Gasteiger partial charge is 0.478 e. The second-order valence-electron chi connectivity index (χ2n) is 4.10. The van der Waals surface area contributed by atoms with Gasteiger partial charge in [-0.05, 0) is 23.8 Å². The van der Waals surface area contributed by atoms with Gasteiger partial charge in [0, 0.05) is 0 Å². The third kappa shape index (κ3) is 2.57. The Morgan fingerprint density at radius 1 is 1.21 bits per heavy atom. The number of rotatable bonds is 4. The van der Waals surface area contributed by atoms with Crippen LogP contribution in [0.4, 0.5) is 0 Å². The Bertz CT molecular complexity index is 619. The molecule has 2 aromatic carbocycles. The van der Waals surface area contributed by atoms with Gasteiger partial charge in [0.25, 0.3) is 0 Å². The van der Waals surface area contributed by atoms with Gasteiger partial charge in [-0.15, -0.1) is 0 Å². The first-order chi connectivity index (χ1) is 9.17. The molecule has 0 radical (unpaired) electrons. The van der Waals surface area contributed by atoms with Gasteiger partial charge in [0.05, 0.1) is 12.7 Å². The van der Waals surface area contributed by atoms with Crippen LogP contribution in [-0.4, -0.2) is 25.5 Å². The summed E-state index contributed by atoms with van der Waals surface area (Å²) in [6, 6.07) is 11.0. The van der Waals surface area contributed by atoms with Crippen LogP contribution in [-0.2, 0) is 9.53 Å². The third-order valence-electron chi connectivity index (χ3n) is 2.89. The van der Waals surface area contributed by atoms with E-state index in [1.54, 1.807) is 13.0 Å². The second kappa shape index (κ2) is 5.52. The molecule has 0 bridgehead atoms. The number of aldehydes is 1. The van der Waals surface area contributed by atoms with E-state index in [4.69, 9.17) is 4.74 Å². The molecule has 19 heavy (non-hydrogen) atoms. The van der Waals surface area contributed by atoms with Crippen molar-refractivity contribution in [3.05, 3.63) is 42.0 Å². The van der Waals surface area contributed by atoms with Crippen LogP contribution in [0.3, 0.4) is 0 Å². The Kier molecular flexibility index (Phi) is 3.80. The van der Waals surface area contributed by atoms with Gasteiger partial charge in [0.1, 0.15) is 5.75 Å². The maximum absolute atomic E-state index is 11.3. The number of benzene rings is 2. The highest BCUT2D eigenvalue weighted by atomic mass is 16.6. The van der Waals surface area contributed by atoms with E-state index in [9.17, 15) is 9.59 Å². The highest BCUT2D eigenvalue weighted by Gasteiger charge is 2.17. The molecule has 0 saturated carbocycles. The van der Waals surface area contributed by atoms with E-state index in [0.717, 1.165) is 17.1 Å². The van der Waals surface area contributed by atoms with Crippen molar-refractivity contribution >= 4 is 23.0 Å². The lowest BCUT2D eigenvalue weighted by Crippen LogP contribution is -2.25. The predicted octanol–water partition coefficient (Wildman–Crippen LogP) is 2.59. The van der Waals surface area contributed by atoms with E-state index in [1.807, 2.05) is 30.3 Å². The normalized spacial score (nSPS) is 11.9. The molecular formula is C15H14O4. The fourth-order valence-electron chi connectivity index (χ4n) is 1.90. The van der Waals surface area contributed by atoms with Crippen LogP contribution in [0, 0.1) is 0 Å². The molecular weight excluding hydrogens is 244 g/mol. The molecule has 0 saturated heterocycles. The van der Waals surface area contributed by atoms with E-state index in [-0.39, 0.29) is 0 Å². The van der Waals surface area contributed by atoms with Gasteiger partial charge in [0.15, 0.2) is 12.4 Å². The smallest absolute Gasteiger partial charge is 0.346 e. The molecule has 0 fully saturated rings. The summed E-state index contributed by atoms with van der Waals surface area (Å²) >= 11 is 0. The Balaban J connectivity index is 2.43. The van der Waals surface area contributed by atoms with Crippen LogP contribution >= 0.6 is 0 Å². The van der Waals surface area contributed by atoms with E-state index in [1.165, 1.54) is 7.11 Å². The van der Waals surface area contributed by atoms with Gasteiger partial charge < -0.3 is 9.47 Å². The summed E-state index contributed by atoms with van der Waals surface area (Å²) in [5.41, 5.74) is 0.439. The molecule has 0 heterocycles. The Morgan fingerprint density at radius 2 is 1.95 bits per heavy atom. The molecule has 1 atom stereocenters. The van der Waals surface area contributed by atoms with Gasteiger partial charge >= 0.3 is 5.97 Å². The van der Waals surface area contributed by atoms with Crippen molar-refractivity contribution in [2.24, 2.45) is 0 Å². The van der Waals surface area contributed by atoms with Gasteiger partial charge in [-0.3, -0.25) is 4.79 Å². The number of hydrogen-bond acceptors (Lipinski definition) is 4. The maximum Gasteiger partial charge on any atom is 0.346 e. The average molecular weight is 258 g/mol. The summed E-state index contributed by atoms with van der Waals surface area (Å²) in [5, 5.41) is 1.75. The minimum absolute atomic E-state index is 0.381. The van der Waals surface area contributed by atoms with Crippen LogP contribution in [0.5, 0.6) is 5.75 Å². The van der Waals surface area contributed by atoms with Crippen LogP contribution in [0.15, 0.2) is 36.4 Å². The Labute approximate surface area is 110 Å². The van der Waals surface area contributed by atoms with Gasteiger partial charge in [-0.2, -0.15) is 0 Å². The van der Waals surface area contributed by atoms with Crippen LogP contribution < -0.4 is 4.74 Å². The van der Waals surface area contributed by atoms with Gasteiger partial charge in [-0.25, -0.2) is 4.79 Å². The summed E-state index contributed by atoms with van der Waals surface area (Å²) in [7, 11) is 1.29. The van der Waals surface area contributed by atoms with E-state index < -0.39 is 12.1 Å². The first kappa shape index (κ1) is 13.1. The van der Waals surface area contributed by atoms with Crippen molar-refractivity contribution in [3.63, 3.8) is 0 Å². The lowest BCUT2D eigenvalue weighted by molar-refractivity contribution is -0.147. The molecule has 0 aliphatic carbocycles. The topological polar surface area (TPSA) is 52.6 Å². The molecule has 1 unspecified atom stereocenters. The molecule has 98 valence electrons. The summed E-state index contributed by atoms with van der Waals surface area (Å²) in [5.74, 6) is -0.100. The number of fused-ring (bicyclic) bond motifs is 1. The monoisotopic (exact) mass is 258 g/mol. The molecule has 2 rings (SSSR count). The van der Waals surface area contributed by atoms with E-state index in [0.29, 0.717) is 11.3 Å². The number of hydrogen-bond donors (Lipinski definition) is 0. The van der Waals surface area contributed by atoms with Crippen molar-refractivity contribution < 1.29 is 19.1 Å². The van der Waals surface area contributed by atoms with Gasteiger partial charge in [0.2, 0.25) is 0 Å². The van der Waals surface area contributed by atoms with Crippen molar-refractivity contribution in [2.45, 2.75) is 13.0 Å². The molecule has 0 amide bonds. The minimum atomic E-state index is -0.759. The first-order valence-electron chi connectivity index (χ1n) is 5.88. The number of esters is 1. The number of carbonyl (C=O) groups excluding carboxylic acids is 2. The lowest BCUT2D eigenvalue weighted by atomic mass is 10.0. The summed E-state index contributed by atoms with van der Waals surface area (Å²) in [4.78, 5) is 22.6. The zero-order chi connectivity index (χ0) is 13.8. The van der Waals surface area contributed by atoms with E-state index >= 15 is 0 Å². The first-order valence-corrected chi connectivity index (χ1v) is 5.88. The van der Waals surface area contributed by atoms with Crippen molar-refractivity contribution in [2.75, 3.05) is 7.11 Å². The molecule has 0 aliphatic rings. The van der Waals surface area contributed by atoms with Crippen LogP contribution in [0.1, 0.15) is 17.3 Å². The minimum Gasteiger partial charge on any atom is -0.478 e. The average Bonchev–Trinajstić information content (AvgIpc) is 2.46. The SMILES string of the molecule is COC(=O)C(C)Oc1ccc2ccccc2c1C=O. The van der Waals surface area contributed by atoms with Crippen molar-refractivity contribution in [3.8, 4) is 5.75 Å². The predicted molar refractivity (Wildman–Crippen MR) is 71.4 cm³/mol. The Morgan fingerprint density at radius 3 is 2.63 bits per heavy atom. The highest BCUT2D eigenvalue weighted by molar-refractivity contribution is 6.00. The van der Waals surface area contributed by atoms with Crippen molar-refractivity contribution in [1.82, 2.24) is 0 Å². The number of carbonyl (C=O) groups is 2. The molecule has 0 aromatic heterocycles. The standard InChI is InChI=1S/C15H14O4/c1-10(15(17)18-2)19-14-8-7-11-5-3-4-6-12(11)13(14)9-16/h3-10H,1-2H3. The summed E-state index contributed by atoms with van der Waals surface area (Å²) < 4.78 is 10.1. The van der Waals surface area contributed by atoms with Gasteiger partial charge in [-0.1, -0.05) is 30.3 Å². The van der Waals surface area contributed by atoms with Crippen LogP contribution in [0.2, 0.25) is 0 Å². The highest BCUT2D eigenvalue weighted by Crippen LogP contribution is 2.27. The van der Waals surface area contributed by atoms with Crippen molar-refractivity contribution in [1.29, 1.82) is 0 Å². The molecule has 4 heteroatoms. The number of methoxy groups -OCH3 is 1. The fraction of sp³-hybridized carbons (Fsp3) is 0.200. The third-order valence-corrected chi connectivity index (χ3v) is 2.89. The zero-order valence-corrected chi connectivity index (χ0v) is 10.8. The maximum atomic E-state index is 11.3. The Hall–Kier alpha value is -2.36. The number of ether oxygens (including phenoxy) is 2. The second-order valence-corrected chi connectivity index (χ2v) is 4.10. The zero-order valence-electron chi connectivity index (χ0n) is 10.8. The molecule has 4 nitrogen and oxygen atoms in total. The molecule has 0 N–H and O–H groups in total. The lowest BCUT2D eigenvalue weighted by Gasteiger charge is -2.15. The fourth-order valence-corrected chi connectivity index (χ4v) is 1.90. The quantitative estimate of drug-likeness (QED) is 0.624.